The number of hydrogen-bond acceptors (Lipinski definition) is 4. The van der Waals surface area contributed by atoms with Gasteiger partial charge >= 0.3 is 6.18 Å². The Kier molecular flexibility index (Phi) is 5.56. The predicted octanol–water partition coefficient (Wildman–Crippen LogP) is 4.77. The minimum atomic E-state index is -4.52. The molecule has 4 nitrogen and oxygen atoms in total. The zero-order valence-electron chi connectivity index (χ0n) is 14.1. The van der Waals surface area contributed by atoms with Crippen molar-refractivity contribution >= 4 is 5.69 Å². The van der Waals surface area contributed by atoms with E-state index in [0.29, 0.717) is 12.4 Å². The zero-order chi connectivity index (χ0) is 18.6. The van der Waals surface area contributed by atoms with Crippen LogP contribution in [0, 0.1) is 0 Å². The van der Waals surface area contributed by atoms with Crippen molar-refractivity contribution in [3.63, 3.8) is 0 Å². The van der Waals surface area contributed by atoms with Gasteiger partial charge in [0.25, 0.3) is 0 Å². The summed E-state index contributed by atoms with van der Waals surface area (Å²) < 4.78 is 55.5. The summed E-state index contributed by atoms with van der Waals surface area (Å²) in [6, 6.07) is 10.7. The number of nitrogens with two attached hydrogens (primary N) is 1. The number of alkyl halides is 3. The summed E-state index contributed by atoms with van der Waals surface area (Å²) in [4.78, 5) is 0. The lowest BCUT2D eigenvalue weighted by Gasteiger charge is -2.23. The monoisotopic (exact) mass is 367 g/mol. The van der Waals surface area contributed by atoms with Crippen LogP contribution in [-0.4, -0.2) is 12.9 Å². The molecule has 1 fully saturated rings. The molecule has 1 atom stereocenters. The van der Waals surface area contributed by atoms with Gasteiger partial charge in [0, 0.05) is 12.1 Å². The van der Waals surface area contributed by atoms with Gasteiger partial charge in [-0.25, -0.2) is 0 Å². The predicted molar refractivity (Wildman–Crippen MR) is 90.8 cm³/mol. The highest BCUT2D eigenvalue weighted by Gasteiger charge is 2.33. The fourth-order valence-corrected chi connectivity index (χ4v) is 2.70. The molecule has 1 aliphatic heterocycles. The molecule has 1 unspecified atom stereocenters. The van der Waals surface area contributed by atoms with Gasteiger partial charge in [-0.05, 0) is 48.7 Å². The largest absolute Gasteiger partial charge is 0.489 e. The Morgan fingerprint density at radius 3 is 2.65 bits per heavy atom. The van der Waals surface area contributed by atoms with Crippen LogP contribution in [0.15, 0.2) is 42.5 Å². The van der Waals surface area contributed by atoms with E-state index in [9.17, 15) is 13.2 Å². The smallest absolute Gasteiger partial charge is 0.418 e. The summed E-state index contributed by atoms with van der Waals surface area (Å²) in [5.74, 6) is 0.750. The van der Waals surface area contributed by atoms with Crippen LogP contribution in [-0.2, 0) is 17.5 Å². The fraction of sp³-hybridized carbons (Fsp3) is 0.368. The van der Waals surface area contributed by atoms with E-state index in [1.165, 1.54) is 12.1 Å². The number of halogens is 3. The highest BCUT2D eigenvalue weighted by molar-refractivity contribution is 5.52. The third kappa shape index (κ3) is 4.82. The van der Waals surface area contributed by atoms with Crippen molar-refractivity contribution in [1.29, 1.82) is 0 Å². The molecule has 0 bridgehead atoms. The van der Waals surface area contributed by atoms with Crippen LogP contribution in [0.5, 0.6) is 11.5 Å². The average Bonchev–Trinajstić information content (AvgIpc) is 2.61. The Morgan fingerprint density at radius 1 is 1.08 bits per heavy atom. The van der Waals surface area contributed by atoms with Crippen LogP contribution >= 0.6 is 0 Å². The van der Waals surface area contributed by atoms with Crippen molar-refractivity contribution < 1.29 is 27.4 Å². The molecule has 26 heavy (non-hydrogen) atoms. The minimum absolute atomic E-state index is 0.105. The summed E-state index contributed by atoms with van der Waals surface area (Å²) in [7, 11) is 0. The van der Waals surface area contributed by atoms with Gasteiger partial charge < -0.3 is 19.9 Å². The number of benzene rings is 2. The first kappa shape index (κ1) is 18.4. The van der Waals surface area contributed by atoms with Crippen LogP contribution in [0.2, 0.25) is 0 Å². The Morgan fingerprint density at radius 2 is 1.92 bits per heavy atom. The van der Waals surface area contributed by atoms with Crippen LogP contribution in [0.3, 0.4) is 0 Å². The molecule has 0 aromatic heterocycles. The van der Waals surface area contributed by atoms with E-state index in [-0.39, 0.29) is 24.3 Å². The van der Waals surface area contributed by atoms with E-state index in [4.69, 9.17) is 19.9 Å². The first-order chi connectivity index (χ1) is 12.4. The first-order valence-corrected chi connectivity index (χ1v) is 8.38. The second kappa shape index (κ2) is 7.86. The highest BCUT2D eigenvalue weighted by atomic mass is 19.4. The van der Waals surface area contributed by atoms with E-state index < -0.39 is 11.7 Å². The number of nitrogen functional groups attached to an aromatic ring is 1. The van der Waals surface area contributed by atoms with Gasteiger partial charge in [-0.15, -0.1) is 0 Å². The van der Waals surface area contributed by atoms with Crippen LogP contribution in [0.1, 0.15) is 30.4 Å². The Balaban J connectivity index is 1.64. The number of ether oxygens (including phenoxy) is 3. The Labute approximate surface area is 149 Å². The lowest BCUT2D eigenvalue weighted by molar-refractivity contribution is -0.137. The van der Waals surface area contributed by atoms with Gasteiger partial charge in [0.05, 0.1) is 12.2 Å². The molecule has 2 aromatic carbocycles. The van der Waals surface area contributed by atoms with Crippen LogP contribution in [0.25, 0.3) is 0 Å². The van der Waals surface area contributed by atoms with Crippen molar-refractivity contribution in [3.8, 4) is 11.5 Å². The fourth-order valence-electron chi connectivity index (χ4n) is 2.70. The molecule has 2 N–H and O–H groups in total. The Hall–Kier alpha value is -2.41. The maximum Gasteiger partial charge on any atom is 0.418 e. The second-order valence-corrected chi connectivity index (χ2v) is 6.10. The normalized spacial score (nSPS) is 17.7. The molecule has 7 heteroatoms. The lowest BCUT2D eigenvalue weighted by Crippen LogP contribution is -2.25. The van der Waals surface area contributed by atoms with Gasteiger partial charge in [0.2, 0.25) is 0 Å². The van der Waals surface area contributed by atoms with E-state index in [1.54, 1.807) is 12.1 Å². The molecular weight excluding hydrogens is 347 g/mol. The van der Waals surface area contributed by atoms with E-state index in [1.807, 2.05) is 12.1 Å². The summed E-state index contributed by atoms with van der Waals surface area (Å²) in [5.41, 5.74) is 4.94. The van der Waals surface area contributed by atoms with Crippen molar-refractivity contribution in [2.45, 2.75) is 38.3 Å². The summed E-state index contributed by atoms with van der Waals surface area (Å²) in [6.45, 7) is 0.802. The van der Waals surface area contributed by atoms with Crippen LogP contribution in [0.4, 0.5) is 18.9 Å². The molecule has 1 saturated heterocycles. The van der Waals surface area contributed by atoms with Crippen LogP contribution < -0.4 is 15.2 Å². The van der Waals surface area contributed by atoms with Gasteiger partial charge in [0.15, 0.2) is 6.29 Å². The molecule has 2 aromatic rings. The third-order valence-electron chi connectivity index (χ3n) is 4.04. The summed E-state index contributed by atoms with van der Waals surface area (Å²) >= 11 is 0. The molecule has 0 amide bonds. The van der Waals surface area contributed by atoms with Gasteiger partial charge in [-0.3, -0.25) is 0 Å². The molecule has 3 rings (SSSR count). The number of hydrogen-bond donors (Lipinski definition) is 1. The molecule has 0 aliphatic carbocycles. The molecule has 0 radical (unpaired) electrons. The van der Waals surface area contributed by atoms with Crippen molar-refractivity contribution in [2.75, 3.05) is 12.3 Å². The summed E-state index contributed by atoms with van der Waals surface area (Å²) in [5, 5.41) is 0. The van der Waals surface area contributed by atoms with Crippen molar-refractivity contribution in [2.24, 2.45) is 0 Å². The molecule has 1 aliphatic rings. The molecule has 1 heterocycles. The quantitative estimate of drug-likeness (QED) is 0.774. The third-order valence-corrected chi connectivity index (χ3v) is 4.04. The number of anilines is 1. The topological polar surface area (TPSA) is 53.7 Å². The van der Waals surface area contributed by atoms with E-state index in [2.05, 4.69) is 0 Å². The SMILES string of the molecule is Nc1ccc(OCc2cccc(OC3CCCCO3)c2)cc1C(F)(F)F. The first-order valence-electron chi connectivity index (χ1n) is 8.38. The molecule has 0 saturated carbocycles. The summed E-state index contributed by atoms with van der Waals surface area (Å²) in [6.07, 6.45) is -1.84. The van der Waals surface area contributed by atoms with Crippen molar-refractivity contribution in [1.82, 2.24) is 0 Å². The minimum Gasteiger partial charge on any atom is -0.489 e. The maximum absolute atomic E-state index is 12.9. The van der Waals surface area contributed by atoms with Gasteiger partial charge in [-0.1, -0.05) is 12.1 Å². The number of rotatable bonds is 5. The van der Waals surface area contributed by atoms with E-state index in [0.717, 1.165) is 30.9 Å². The zero-order valence-corrected chi connectivity index (χ0v) is 14.1. The van der Waals surface area contributed by atoms with Gasteiger partial charge in [0.1, 0.15) is 18.1 Å². The molecule has 0 spiro atoms. The van der Waals surface area contributed by atoms with E-state index >= 15 is 0 Å². The standard InChI is InChI=1S/C19H20F3NO3/c20-19(21,22)16-11-14(7-8-17(16)23)25-12-13-4-3-5-15(10-13)26-18-6-1-2-9-24-18/h3-5,7-8,10-11,18H,1-2,6,9,12,23H2. The molecule has 140 valence electrons. The highest BCUT2D eigenvalue weighted by Crippen LogP contribution is 2.35. The maximum atomic E-state index is 12.9. The average molecular weight is 367 g/mol. The second-order valence-electron chi connectivity index (χ2n) is 6.10. The van der Waals surface area contributed by atoms with Gasteiger partial charge in [-0.2, -0.15) is 13.2 Å². The Bertz CT molecular complexity index is 743. The van der Waals surface area contributed by atoms with Crippen molar-refractivity contribution in [3.05, 3.63) is 53.6 Å². The lowest BCUT2D eigenvalue weighted by atomic mass is 10.1. The molecular formula is C19H20F3NO3.